The van der Waals surface area contributed by atoms with Crippen molar-refractivity contribution >= 4 is 17.8 Å². The Labute approximate surface area is 122 Å². The Morgan fingerprint density at radius 2 is 1.90 bits per heavy atom. The van der Waals surface area contributed by atoms with E-state index >= 15 is 0 Å². The average Bonchev–Trinajstić information content (AvgIpc) is 2.50. The predicted octanol–water partition coefficient (Wildman–Crippen LogP) is 1.42. The van der Waals surface area contributed by atoms with Crippen LogP contribution in [-0.4, -0.2) is 31.0 Å². The van der Waals surface area contributed by atoms with Crippen molar-refractivity contribution in [2.75, 3.05) is 7.11 Å². The van der Waals surface area contributed by atoms with Crippen LogP contribution in [-0.2, 0) is 19.1 Å². The van der Waals surface area contributed by atoms with Crippen LogP contribution in [0, 0.1) is 0 Å². The average molecular weight is 291 g/mol. The summed E-state index contributed by atoms with van der Waals surface area (Å²) in [6, 6.07) is 7.66. The molecule has 0 saturated carbocycles. The SMILES string of the molecule is COC(=O)[C@H](C/C=C/OC(C)=O)NC(=O)c1ccccc1. The van der Waals surface area contributed by atoms with Crippen molar-refractivity contribution in [1.29, 1.82) is 0 Å². The van der Waals surface area contributed by atoms with Gasteiger partial charge in [0, 0.05) is 12.5 Å². The number of hydrogen-bond donors (Lipinski definition) is 1. The molecule has 1 N–H and O–H groups in total. The highest BCUT2D eigenvalue weighted by Gasteiger charge is 2.20. The molecule has 0 aliphatic carbocycles. The standard InChI is InChI=1S/C15H17NO5/c1-11(17)21-10-6-9-13(15(19)20-2)16-14(18)12-7-4-3-5-8-12/h3-8,10,13H,9H2,1-2H3,(H,16,18)/b10-6+/t13-/m0/s1. The number of hydrogen-bond acceptors (Lipinski definition) is 5. The number of rotatable bonds is 6. The molecule has 0 aliphatic heterocycles. The van der Waals surface area contributed by atoms with E-state index in [-0.39, 0.29) is 12.3 Å². The first-order valence-electron chi connectivity index (χ1n) is 6.30. The van der Waals surface area contributed by atoms with Gasteiger partial charge in [0.05, 0.1) is 13.4 Å². The van der Waals surface area contributed by atoms with Gasteiger partial charge < -0.3 is 14.8 Å². The van der Waals surface area contributed by atoms with Crippen LogP contribution >= 0.6 is 0 Å². The van der Waals surface area contributed by atoms with Gasteiger partial charge in [-0.1, -0.05) is 18.2 Å². The summed E-state index contributed by atoms with van der Waals surface area (Å²) >= 11 is 0. The van der Waals surface area contributed by atoms with Gasteiger partial charge in [-0.2, -0.15) is 0 Å². The number of amides is 1. The lowest BCUT2D eigenvalue weighted by Crippen LogP contribution is -2.41. The predicted molar refractivity (Wildman–Crippen MR) is 75.2 cm³/mol. The third-order valence-electron chi connectivity index (χ3n) is 2.53. The van der Waals surface area contributed by atoms with E-state index in [4.69, 9.17) is 0 Å². The van der Waals surface area contributed by atoms with Gasteiger partial charge in [-0.3, -0.25) is 9.59 Å². The lowest BCUT2D eigenvalue weighted by Gasteiger charge is -2.14. The van der Waals surface area contributed by atoms with E-state index in [1.807, 2.05) is 0 Å². The molecule has 0 fully saturated rings. The Morgan fingerprint density at radius 1 is 1.24 bits per heavy atom. The van der Waals surface area contributed by atoms with Crippen molar-refractivity contribution in [3.05, 3.63) is 48.2 Å². The van der Waals surface area contributed by atoms with Gasteiger partial charge in [0.25, 0.3) is 5.91 Å². The van der Waals surface area contributed by atoms with Gasteiger partial charge in [0.2, 0.25) is 0 Å². The summed E-state index contributed by atoms with van der Waals surface area (Å²) in [5.41, 5.74) is 0.440. The van der Waals surface area contributed by atoms with E-state index < -0.39 is 18.0 Å². The molecular weight excluding hydrogens is 274 g/mol. The Hall–Kier alpha value is -2.63. The van der Waals surface area contributed by atoms with E-state index in [0.29, 0.717) is 5.56 Å². The molecule has 0 bridgehead atoms. The van der Waals surface area contributed by atoms with Gasteiger partial charge in [-0.05, 0) is 24.6 Å². The molecule has 1 atom stereocenters. The molecule has 112 valence electrons. The summed E-state index contributed by atoms with van der Waals surface area (Å²) in [6.07, 6.45) is 2.79. The highest BCUT2D eigenvalue weighted by atomic mass is 16.5. The number of nitrogens with one attached hydrogen (secondary N) is 1. The van der Waals surface area contributed by atoms with Crippen molar-refractivity contribution < 1.29 is 23.9 Å². The fourth-order valence-electron chi connectivity index (χ4n) is 1.52. The fourth-order valence-corrected chi connectivity index (χ4v) is 1.52. The second kappa shape index (κ2) is 8.52. The van der Waals surface area contributed by atoms with Crippen LogP contribution in [0.4, 0.5) is 0 Å². The van der Waals surface area contributed by atoms with Crippen LogP contribution in [0.3, 0.4) is 0 Å². The van der Waals surface area contributed by atoms with E-state index in [1.165, 1.54) is 26.4 Å². The van der Waals surface area contributed by atoms with Gasteiger partial charge >= 0.3 is 11.9 Å². The maximum atomic E-state index is 12.0. The van der Waals surface area contributed by atoms with Crippen LogP contribution in [0.2, 0.25) is 0 Å². The normalized spacial score (nSPS) is 11.7. The maximum absolute atomic E-state index is 12.0. The second-order valence-corrected chi connectivity index (χ2v) is 4.13. The highest BCUT2D eigenvalue weighted by Crippen LogP contribution is 2.03. The van der Waals surface area contributed by atoms with Crippen molar-refractivity contribution in [2.24, 2.45) is 0 Å². The molecule has 0 heterocycles. The molecule has 0 aliphatic rings. The van der Waals surface area contributed by atoms with Crippen LogP contribution in [0.5, 0.6) is 0 Å². The van der Waals surface area contributed by atoms with E-state index in [1.54, 1.807) is 30.3 Å². The van der Waals surface area contributed by atoms with E-state index in [9.17, 15) is 14.4 Å². The van der Waals surface area contributed by atoms with Gasteiger partial charge in [-0.25, -0.2) is 4.79 Å². The van der Waals surface area contributed by atoms with Crippen LogP contribution in [0.25, 0.3) is 0 Å². The first-order chi connectivity index (χ1) is 10.0. The molecule has 1 aromatic rings. The lowest BCUT2D eigenvalue weighted by molar-refractivity contribution is -0.142. The number of methoxy groups -OCH3 is 1. The zero-order valence-electron chi connectivity index (χ0n) is 11.9. The van der Waals surface area contributed by atoms with Crippen molar-refractivity contribution in [2.45, 2.75) is 19.4 Å². The molecule has 0 spiro atoms. The molecule has 6 heteroatoms. The smallest absolute Gasteiger partial charge is 0.328 e. The topological polar surface area (TPSA) is 81.7 Å². The van der Waals surface area contributed by atoms with Crippen molar-refractivity contribution in [1.82, 2.24) is 5.32 Å². The Balaban J connectivity index is 2.66. The fraction of sp³-hybridized carbons (Fsp3) is 0.267. The number of carbonyl (C=O) groups excluding carboxylic acids is 3. The van der Waals surface area contributed by atoms with Gasteiger partial charge in [-0.15, -0.1) is 0 Å². The zero-order chi connectivity index (χ0) is 15.7. The number of benzene rings is 1. The molecule has 0 unspecified atom stereocenters. The minimum atomic E-state index is -0.852. The summed E-state index contributed by atoms with van der Waals surface area (Å²) in [6.45, 7) is 1.26. The van der Waals surface area contributed by atoms with Crippen LogP contribution in [0.15, 0.2) is 42.7 Å². The summed E-state index contributed by atoms with van der Waals surface area (Å²) in [7, 11) is 1.24. The second-order valence-electron chi connectivity index (χ2n) is 4.13. The number of esters is 2. The van der Waals surface area contributed by atoms with Gasteiger partial charge in [0.15, 0.2) is 0 Å². The summed E-state index contributed by atoms with van der Waals surface area (Å²) in [4.78, 5) is 34.2. The third kappa shape index (κ3) is 5.90. The lowest BCUT2D eigenvalue weighted by atomic mass is 10.1. The molecule has 0 saturated heterocycles. The Kier molecular flexibility index (Phi) is 6.67. The van der Waals surface area contributed by atoms with E-state index in [0.717, 1.165) is 0 Å². The van der Waals surface area contributed by atoms with E-state index in [2.05, 4.69) is 14.8 Å². The third-order valence-corrected chi connectivity index (χ3v) is 2.53. The largest absolute Gasteiger partial charge is 0.467 e. The monoisotopic (exact) mass is 291 g/mol. The van der Waals surface area contributed by atoms with Crippen LogP contribution < -0.4 is 5.32 Å². The molecule has 6 nitrogen and oxygen atoms in total. The quantitative estimate of drug-likeness (QED) is 0.633. The summed E-state index contributed by atoms with van der Waals surface area (Å²) in [5, 5.41) is 2.57. The minimum absolute atomic E-state index is 0.151. The number of carbonyl (C=O) groups is 3. The first kappa shape index (κ1) is 16.4. The van der Waals surface area contributed by atoms with Crippen molar-refractivity contribution in [3.8, 4) is 0 Å². The maximum Gasteiger partial charge on any atom is 0.328 e. The zero-order valence-corrected chi connectivity index (χ0v) is 11.9. The Bertz CT molecular complexity index is 524. The number of ether oxygens (including phenoxy) is 2. The molecule has 21 heavy (non-hydrogen) atoms. The molecule has 1 rings (SSSR count). The Morgan fingerprint density at radius 3 is 2.48 bits per heavy atom. The molecule has 0 aromatic heterocycles. The molecule has 0 radical (unpaired) electrons. The molecule has 1 aromatic carbocycles. The molecule has 1 amide bonds. The van der Waals surface area contributed by atoms with Crippen molar-refractivity contribution in [3.63, 3.8) is 0 Å². The van der Waals surface area contributed by atoms with Crippen LogP contribution in [0.1, 0.15) is 23.7 Å². The summed E-state index contributed by atoms with van der Waals surface area (Å²) < 4.78 is 9.24. The highest BCUT2D eigenvalue weighted by molar-refractivity contribution is 5.96. The minimum Gasteiger partial charge on any atom is -0.467 e. The first-order valence-corrected chi connectivity index (χ1v) is 6.30. The summed E-state index contributed by atoms with van der Waals surface area (Å²) in [5.74, 6) is -1.42. The van der Waals surface area contributed by atoms with Gasteiger partial charge in [0.1, 0.15) is 6.04 Å². The molecular formula is C15H17NO5.